The van der Waals surface area contributed by atoms with Gasteiger partial charge in [-0.25, -0.2) is 4.98 Å². The summed E-state index contributed by atoms with van der Waals surface area (Å²) < 4.78 is 0. The second-order valence-corrected chi connectivity index (χ2v) is 4.60. The molecule has 3 heteroatoms. The number of nitrogens with zero attached hydrogens (tertiary/aromatic N) is 1. The molecule has 0 spiro atoms. The molecule has 2 nitrogen and oxygen atoms in total. The van der Waals surface area contributed by atoms with Crippen LogP contribution in [0.3, 0.4) is 0 Å². The molecule has 0 amide bonds. The maximum atomic E-state index is 12.5. The van der Waals surface area contributed by atoms with Crippen molar-refractivity contribution in [2.75, 3.05) is 0 Å². The number of benzene rings is 2. The van der Waals surface area contributed by atoms with Crippen LogP contribution in [-0.2, 0) is 0 Å². The number of carbonyl (C=O) groups excluding carboxylic acids is 1. The third-order valence-electron chi connectivity index (χ3n) is 2.96. The molecule has 92 valence electrons. The number of fused-ring (bicyclic) bond motifs is 1. The summed E-state index contributed by atoms with van der Waals surface area (Å²) in [7, 11) is 0. The highest BCUT2D eigenvalue weighted by Crippen LogP contribution is 2.23. The van der Waals surface area contributed by atoms with Crippen molar-refractivity contribution in [3.8, 4) is 0 Å². The highest BCUT2D eigenvalue weighted by molar-refractivity contribution is 6.30. The first-order valence-corrected chi connectivity index (χ1v) is 6.28. The van der Waals surface area contributed by atoms with Gasteiger partial charge in [0.2, 0.25) is 5.78 Å². The van der Waals surface area contributed by atoms with Crippen LogP contribution in [0.5, 0.6) is 0 Å². The molecule has 0 unspecified atom stereocenters. The van der Waals surface area contributed by atoms with Crippen molar-refractivity contribution in [3.05, 3.63) is 77.1 Å². The molecule has 0 radical (unpaired) electrons. The Kier molecular flexibility index (Phi) is 3.02. The summed E-state index contributed by atoms with van der Waals surface area (Å²) in [6.07, 6.45) is 0. The van der Waals surface area contributed by atoms with Crippen molar-refractivity contribution in [2.45, 2.75) is 0 Å². The standard InChI is InChI=1S/C16H10ClNO/c17-14-10-12-8-4-5-9-13(12)15(18-14)16(19)11-6-2-1-3-7-11/h1-10H. The zero-order valence-corrected chi connectivity index (χ0v) is 10.8. The topological polar surface area (TPSA) is 30.0 Å². The Labute approximate surface area is 115 Å². The summed E-state index contributed by atoms with van der Waals surface area (Å²) in [4.78, 5) is 16.7. The van der Waals surface area contributed by atoms with E-state index >= 15 is 0 Å². The first kappa shape index (κ1) is 11.9. The molecule has 2 aromatic carbocycles. The smallest absolute Gasteiger partial charge is 0.212 e. The van der Waals surface area contributed by atoms with Crippen LogP contribution in [0.25, 0.3) is 10.8 Å². The summed E-state index contributed by atoms with van der Waals surface area (Å²) in [5.74, 6) is -0.112. The highest BCUT2D eigenvalue weighted by atomic mass is 35.5. The SMILES string of the molecule is O=C(c1ccccc1)c1nc(Cl)cc2ccccc12. The van der Waals surface area contributed by atoms with E-state index in [1.165, 1.54) is 0 Å². The van der Waals surface area contributed by atoms with Crippen molar-refractivity contribution in [3.63, 3.8) is 0 Å². The predicted octanol–water partition coefficient (Wildman–Crippen LogP) is 4.12. The van der Waals surface area contributed by atoms with Crippen molar-refractivity contribution in [2.24, 2.45) is 0 Å². The lowest BCUT2D eigenvalue weighted by Crippen LogP contribution is -2.05. The van der Waals surface area contributed by atoms with Gasteiger partial charge in [-0.15, -0.1) is 0 Å². The number of pyridine rings is 1. The third-order valence-corrected chi connectivity index (χ3v) is 3.15. The minimum Gasteiger partial charge on any atom is -0.287 e. The molecule has 0 saturated carbocycles. The van der Waals surface area contributed by atoms with Gasteiger partial charge in [-0.05, 0) is 11.5 Å². The van der Waals surface area contributed by atoms with Gasteiger partial charge in [0.15, 0.2) is 0 Å². The molecule has 19 heavy (non-hydrogen) atoms. The molecule has 1 aromatic heterocycles. The van der Waals surface area contributed by atoms with E-state index in [0.717, 1.165) is 10.8 Å². The first-order chi connectivity index (χ1) is 9.25. The molecule has 0 N–H and O–H groups in total. The van der Waals surface area contributed by atoms with Crippen LogP contribution in [-0.4, -0.2) is 10.8 Å². The van der Waals surface area contributed by atoms with Gasteiger partial charge >= 0.3 is 0 Å². The first-order valence-electron chi connectivity index (χ1n) is 5.91. The van der Waals surface area contributed by atoms with E-state index in [1.54, 1.807) is 18.2 Å². The number of rotatable bonds is 2. The maximum absolute atomic E-state index is 12.5. The average Bonchev–Trinajstić information content (AvgIpc) is 2.46. The lowest BCUT2D eigenvalue weighted by atomic mass is 10.0. The number of hydrogen-bond donors (Lipinski definition) is 0. The van der Waals surface area contributed by atoms with Crippen molar-refractivity contribution < 1.29 is 4.79 Å². The quantitative estimate of drug-likeness (QED) is 0.516. The van der Waals surface area contributed by atoms with E-state index in [9.17, 15) is 4.79 Å². The zero-order valence-electron chi connectivity index (χ0n) is 10.0. The molecule has 0 bridgehead atoms. The molecule has 3 rings (SSSR count). The zero-order chi connectivity index (χ0) is 13.2. The van der Waals surface area contributed by atoms with E-state index < -0.39 is 0 Å². The Morgan fingerprint density at radius 2 is 1.63 bits per heavy atom. The molecular weight excluding hydrogens is 258 g/mol. The fraction of sp³-hybridized carbons (Fsp3) is 0. The fourth-order valence-corrected chi connectivity index (χ4v) is 2.27. The van der Waals surface area contributed by atoms with Gasteiger partial charge in [0.05, 0.1) is 0 Å². The monoisotopic (exact) mass is 267 g/mol. The Morgan fingerprint density at radius 1 is 0.947 bits per heavy atom. The second kappa shape index (κ2) is 4.82. The van der Waals surface area contributed by atoms with Gasteiger partial charge in [-0.3, -0.25) is 4.79 Å². The van der Waals surface area contributed by atoms with Gasteiger partial charge in [0.25, 0.3) is 0 Å². The fourth-order valence-electron chi connectivity index (χ4n) is 2.07. The van der Waals surface area contributed by atoms with Crippen LogP contribution in [0.2, 0.25) is 5.15 Å². The van der Waals surface area contributed by atoms with Crippen LogP contribution in [0.4, 0.5) is 0 Å². The van der Waals surface area contributed by atoms with Crippen molar-refractivity contribution >= 4 is 28.2 Å². The van der Waals surface area contributed by atoms with E-state index in [0.29, 0.717) is 16.4 Å². The van der Waals surface area contributed by atoms with Crippen molar-refractivity contribution in [1.29, 1.82) is 0 Å². The average molecular weight is 268 g/mol. The van der Waals surface area contributed by atoms with E-state index in [-0.39, 0.29) is 5.78 Å². The molecule has 1 heterocycles. The minimum atomic E-state index is -0.112. The minimum absolute atomic E-state index is 0.112. The second-order valence-electron chi connectivity index (χ2n) is 4.21. The van der Waals surface area contributed by atoms with Gasteiger partial charge < -0.3 is 0 Å². The molecule has 0 aliphatic carbocycles. The largest absolute Gasteiger partial charge is 0.287 e. The summed E-state index contributed by atoms with van der Waals surface area (Å²) >= 11 is 5.99. The summed E-state index contributed by atoms with van der Waals surface area (Å²) in [6, 6.07) is 18.5. The number of carbonyl (C=O) groups is 1. The lowest BCUT2D eigenvalue weighted by molar-refractivity contribution is 0.103. The highest BCUT2D eigenvalue weighted by Gasteiger charge is 2.14. The summed E-state index contributed by atoms with van der Waals surface area (Å²) in [5.41, 5.74) is 1.01. The van der Waals surface area contributed by atoms with E-state index in [2.05, 4.69) is 4.98 Å². The van der Waals surface area contributed by atoms with Gasteiger partial charge in [0, 0.05) is 10.9 Å². The van der Waals surface area contributed by atoms with Gasteiger partial charge in [0.1, 0.15) is 10.8 Å². The Bertz CT molecular complexity index is 753. The molecule has 0 atom stereocenters. The Hall–Kier alpha value is -2.19. The Morgan fingerprint density at radius 3 is 2.42 bits per heavy atom. The number of ketones is 1. The van der Waals surface area contributed by atoms with Crippen LogP contribution in [0.1, 0.15) is 16.1 Å². The normalized spacial score (nSPS) is 10.6. The van der Waals surface area contributed by atoms with E-state index in [4.69, 9.17) is 11.6 Å². The molecule has 0 saturated heterocycles. The summed E-state index contributed by atoms with van der Waals surface area (Å²) in [5, 5.41) is 2.07. The maximum Gasteiger partial charge on any atom is 0.212 e. The molecule has 3 aromatic rings. The number of halogens is 1. The number of aromatic nitrogens is 1. The Balaban J connectivity index is 2.23. The molecular formula is C16H10ClNO. The van der Waals surface area contributed by atoms with Crippen molar-refractivity contribution in [1.82, 2.24) is 4.98 Å². The van der Waals surface area contributed by atoms with Crippen LogP contribution in [0, 0.1) is 0 Å². The molecule has 0 fully saturated rings. The van der Waals surface area contributed by atoms with Gasteiger partial charge in [-0.2, -0.15) is 0 Å². The third kappa shape index (κ3) is 2.23. The van der Waals surface area contributed by atoms with E-state index in [1.807, 2.05) is 42.5 Å². The van der Waals surface area contributed by atoms with Crippen LogP contribution in [0.15, 0.2) is 60.7 Å². The van der Waals surface area contributed by atoms with Crippen LogP contribution < -0.4 is 0 Å². The predicted molar refractivity (Wildman–Crippen MR) is 76.6 cm³/mol. The molecule has 0 aliphatic heterocycles. The molecule has 0 aliphatic rings. The van der Waals surface area contributed by atoms with Crippen LogP contribution >= 0.6 is 11.6 Å². The van der Waals surface area contributed by atoms with Gasteiger partial charge in [-0.1, -0.05) is 66.2 Å². The summed E-state index contributed by atoms with van der Waals surface area (Å²) in [6.45, 7) is 0. The lowest BCUT2D eigenvalue weighted by Gasteiger charge is -2.06. The number of hydrogen-bond acceptors (Lipinski definition) is 2.